The maximum Gasteiger partial charge on any atom is 0.306 e. The third-order valence-corrected chi connectivity index (χ3v) is 5.12. The van der Waals surface area contributed by atoms with Gasteiger partial charge in [-0.3, -0.25) is 9.59 Å². The van der Waals surface area contributed by atoms with Gasteiger partial charge in [0.2, 0.25) is 0 Å². The summed E-state index contributed by atoms with van der Waals surface area (Å²) in [5.41, 5.74) is 3.55. The summed E-state index contributed by atoms with van der Waals surface area (Å²) in [6.07, 6.45) is 1.02. The van der Waals surface area contributed by atoms with Gasteiger partial charge in [-0.2, -0.15) is 0 Å². The summed E-state index contributed by atoms with van der Waals surface area (Å²) in [4.78, 5) is 23.9. The number of carbonyl (C=O) groups excluding carboxylic acids is 1. The second-order valence-electron chi connectivity index (χ2n) is 8.30. The molecule has 0 fully saturated rings. The molecule has 0 aliphatic rings. The summed E-state index contributed by atoms with van der Waals surface area (Å²) in [6, 6.07) is 13.2. The summed E-state index contributed by atoms with van der Waals surface area (Å²) in [5, 5.41) is 12.2. The fraction of sp³-hybridized carbons (Fsp3) is 0.417. The molecule has 1 unspecified atom stereocenters. The lowest BCUT2D eigenvalue weighted by molar-refractivity contribution is -0.141. The first-order valence-electron chi connectivity index (χ1n) is 9.93. The van der Waals surface area contributed by atoms with E-state index in [9.17, 15) is 14.7 Å². The number of carboxylic acids is 1. The van der Waals surface area contributed by atoms with Crippen LogP contribution in [-0.4, -0.2) is 24.1 Å². The Morgan fingerprint density at radius 2 is 1.76 bits per heavy atom. The molecule has 2 aromatic rings. The normalized spacial score (nSPS) is 12.3. The van der Waals surface area contributed by atoms with Crippen LogP contribution in [0.2, 0.25) is 0 Å². The maximum atomic E-state index is 12.5. The summed E-state index contributed by atoms with van der Waals surface area (Å²) >= 11 is 0. The molecule has 0 radical (unpaired) electrons. The Labute approximate surface area is 173 Å². The number of amides is 1. The van der Waals surface area contributed by atoms with E-state index in [0.29, 0.717) is 30.7 Å². The van der Waals surface area contributed by atoms with E-state index in [1.165, 1.54) is 5.56 Å². The minimum atomic E-state index is -0.795. The predicted octanol–water partition coefficient (Wildman–Crippen LogP) is 4.58. The number of aliphatic carboxylic acids is 1. The zero-order chi connectivity index (χ0) is 21.6. The number of carbonyl (C=O) groups is 2. The van der Waals surface area contributed by atoms with E-state index in [2.05, 4.69) is 26.1 Å². The van der Waals surface area contributed by atoms with Crippen LogP contribution in [0.15, 0.2) is 42.5 Å². The number of nitrogens with one attached hydrogen (secondary N) is 1. The van der Waals surface area contributed by atoms with E-state index in [1.54, 1.807) is 7.11 Å². The molecule has 0 bridgehead atoms. The molecule has 0 aliphatic heterocycles. The topological polar surface area (TPSA) is 75.6 Å². The molecule has 0 aromatic heterocycles. The lowest BCUT2D eigenvalue weighted by Gasteiger charge is -2.19. The van der Waals surface area contributed by atoms with Gasteiger partial charge in [0.25, 0.3) is 5.91 Å². The first-order valence-corrected chi connectivity index (χ1v) is 9.93. The van der Waals surface area contributed by atoms with E-state index in [1.807, 2.05) is 49.4 Å². The van der Waals surface area contributed by atoms with Gasteiger partial charge in [0.1, 0.15) is 5.75 Å². The van der Waals surface area contributed by atoms with Crippen molar-refractivity contribution in [3.8, 4) is 5.75 Å². The molecule has 0 aliphatic carbocycles. The molecule has 0 saturated carbocycles. The Morgan fingerprint density at radius 3 is 2.28 bits per heavy atom. The lowest BCUT2D eigenvalue weighted by Crippen LogP contribution is -2.23. The summed E-state index contributed by atoms with van der Waals surface area (Å²) in [7, 11) is 1.58. The van der Waals surface area contributed by atoms with Crippen molar-refractivity contribution in [1.29, 1.82) is 0 Å². The van der Waals surface area contributed by atoms with Crippen molar-refractivity contribution in [1.82, 2.24) is 5.32 Å². The summed E-state index contributed by atoms with van der Waals surface area (Å²) < 4.78 is 5.40. The molecular formula is C24H31NO4. The zero-order valence-corrected chi connectivity index (χ0v) is 17.9. The SMILES string of the molecule is CCC(Cc1ccc(OC)c(CNC(=O)c2ccc(C(C)(C)C)cc2)c1)C(=O)O. The highest BCUT2D eigenvalue weighted by molar-refractivity contribution is 5.94. The van der Waals surface area contributed by atoms with Crippen molar-refractivity contribution in [3.63, 3.8) is 0 Å². The first-order chi connectivity index (χ1) is 13.7. The van der Waals surface area contributed by atoms with Gasteiger partial charge < -0.3 is 15.2 Å². The third kappa shape index (κ3) is 6.08. The molecule has 2 rings (SSSR count). The molecule has 5 heteroatoms. The Morgan fingerprint density at radius 1 is 1.10 bits per heavy atom. The van der Waals surface area contributed by atoms with E-state index in [0.717, 1.165) is 11.1 Å². The van der Waals surface area contributed by atoms with Crippen LogP contribution in [0, 0.1) is 5.92 Å². The molecule has 0 heterocycles. The van der Waals surface area contributed by atoms with Crippen molar-refractivity contribution in [2.24, 2.45) is 5.92 Å². The van der Waals surface area contributed by atoms with Gasteiger partial charge in [-0.1, -0.05) is 52.0 Å². The van der Waals surface area contributed by atoms with Gasteiger partial charge in [-0.25, -0.2) is 0 Å². The van der Waals surface area contributed by atoms with Crippen LogP contribution in [0.5, 0.6) is 5.75 Å². The van der Waals surface area contributed by atoms with Crippen LogP contribution in [0.25, 0.3) is 0 Å². The number of methoxy groups -OCH3 is 1. The van der Waals surface area contributed by atoms with Crippen molar-refractivity contribution >= 4 is 11.9 Å². The van der Waals surface area contributed by atoms with Crippen LogP contribution in [0.1, 0.15) is 61.2 Å². The standard InChI is InChI=1S/C24H31NO4/c1-6-17(23(27)28)13-16-7-12-21(29-5)19(14-16)15-25-22(26)18-8-10-20(11-9-18)24(2,3)4/h7-12,14,17H,6,13,15H2,1-5H3,(H,25,26)(H,27,28). The highest BCUT2D eigenvalue weighted by Gasteiger charge is 2.17. The monoisotopic (exact) mass is 397 g/mol. The molecule has 2 aromatic carbocycles. The van der Waals surface area contributed by atoms with Crippen LogP contribution < -0.4 is 10.1 Å². The number of carboxylic acid groups (broad SMARTS) is 1. The Bertz CT molecular complexity index is 850. The highest BCUT2D eigenvalue weighted by Crippen LogP contribution is 2.24. The number of hydrogen-bond donors (Lipinski definition) is 2. The highest BCUT2D eigenvalue weighted by atomic mass is 16.5. The van der Waals surface area contributed by atoms with Gasteiger partial charge >= 0.3 is 5.97 Å². The second-order valence-corrected chi connectivity index (χ2v) is 8.30. The van der Waals surface area contributed by atoms with Crippen LogP contribution >= 0.6 is 0 Å². The van der Waals surface area contributed by atoms with Gasteiger partial charge in [0, 0.05) is 17.7 Å². The zero-order valence-electron chi connectivity index (χ0n) is 17.9. The minimum Gasteiger partial charge on any atom is -0.496 e. The average Bonchev–Trinajstić information content (AvgIpc) is 2.69. The van der Waals surface area contributed by atoms with Gasteiger partial charge in [0.05, 0.1) is 13.0 Å². The van der Waals surface area contributed by atoms with E-state index in [4.69, 9.17) is 4.74 Å². The van der Waals surface area contributed by atoms with E-state index >= 15 is 0 Å². The Hall–Kier alpha value is -2.82. The molecule has 0 spiro atoms. The molecule has 2 N–H and O–H groups in total. The lowest BCUT2D eigenvalue weighted by atomic mass is 9.87. The van der Waals surface area contributed by atoms with E-state index in [-0.39, 0.29) is 11.3 Å². The molecule has 5 nitrogen and oxygen atoms in total. The third-order valence-electron chi connectivity index (χ3n) is 5.12. The van der Waals surface area contributed by atoms with Crippen LogP contribution in [0.3, 0.4) is 0 Å². The molecule has 1 atom stereocenters. The second kappa shape index (κ2) is 9.59. The molecule has 29 heavy (non-hydrogen) atoms. The average molecular weight is 398 g/mol. The largest absolute Gasteiger partial charge is 0.496 e. The van der Waals surface area contributed by atoms with Crippen molar-refractivity contribution in [2.45, 2.75) is 52.5 Å². The molecule has 0 saturated heterocycles. The van der Waals surface area contributed by atoms with Gasteiger partial charge in [0.15, 0.2) is 0 Å². The smallest absolute Gasteiger partial charge is 0.306 e. The fourth-order valence-corrected chi connectivity index (χ4v) is 3.19. The Balaban J connectivity index is 2.11. The van der Waals surface area contributed by atoms with Gasteiger partial charge in [-0.05, 0) is 47.6 Å². The molecule has 1 amide bonds. The van der Waals surface area contributed by atoms with Crippen LogP contribution in [0.4, 0.5) is 0 Å². The van der Waals surface area contributed by atoms with Crippen molar-refractivity contribution in [2.75, 3.05) is 7.11 Å². The minimum absolute atomic E-state index is 0.0368. The fourth-order valence-electron chi connectivity index (χ4n) is 3.19. The number of benzene rings is 2. The van der Waals surface area contributed by atoms with Crippen molar-refractivity contribution < 1.29 is 19.4 Å². The maximum absolute atomic E-state index is 12.5. The van der Waals surface area contributed by atoms with Crippen molar-refractivity contribution in [3.05, 3.63) is 64.7 Å². The summed E-state index contributed by atoms with van der Waals surface area (Å²) in [5.74, 6) is -0.709. The molecular weight excluding hydrogens is 366 g/mol. The number of hydrogen-bond acceptors (Lipinski definition) is 3. The quantitative estimate of drug-likeness (QED) is 0.684. The first kappa shape index (κ1) is 22.5. The summed E-state index contributed by atoms with van der Waals surface area (Å²) in [6.45, 7) is 8.58. The van der Waals surface area contributed by atoms with Gasteiger partial charge in [-0.15, -0.1) is 0 Å². The van der Waals surface area contributed by atoms with Crippen LogP contribution in [-0.2, 0) is 23.2 Å². The number of ether oxygens (including phenoxy) is 1. The molecule has 156 valence electrons. The predicted molar refractivity (Wildman–Crippen MR) is 114 cm³/mol. The Kier molecular flexibility index (Phi) is 7.43. The number of rotatable bonds is 8. The van der Waals surface area contributed by atoms with E-state index < -0.39 is 11.9 Å².